The number of aliphatic carboxylic acids is 4. The van der Waals surface area contributed by atoms with Crippen LogP contribution in [0.4, 0.5) is 0 Å². The molecule has 0 aromatic rings. The Balaban J connectivity index is 5.30. The van der Waals surface area contributed by atoms with Gasteiger partial charge in [-0.05, 0) is 6.08 Å². The number of carboxylic acid groups (broad SMARTS) is 4. The summed E-state index contributed by atoms with van der Waals surface area (Å²) in [5.74, 6) is -7.65. The van der Waals surface area contributed by atoms with Gasteiger partial charge in [0, 0.05) is 0 Å². The van der Waals surface area contributed by atoms with Crippen LogP contribution in [0.15, 0.2) is 12.2 Å². The first kappa shape index (κ1) is 13.6. The fourth-order valence-corrected chi connectivity index (χ4v) is 0.825. The maximum atomic E-state index is 10.6. The van der Waals surface area contributed by atoms with Gasteiger partial charge in [0.1, 0.15) is 0 Å². The largest absolute Gasteiger partial charge is 0.481 e. The molecule has 8 heteroatoms. The van der Waals surface area contributed by atoms with Gasteiger partial charge in [0.15, 0.2) is 0 Å². The van der Waals surface area contributed by atoms with Crippen LogP contribution in [-0.2, 0) is 19.2 Å². The summed E-state index contributed by atoms with van der Waals surface area (Å²) in [5.41, 5.74) is -3.16. The predicted molar refractivity (Wildman–Crippen MR) is 46.7 cm³/mol. The average molecular weight is 232 g/mol. The van der Waals surface area contributed by atoms with E-state index in [9.17, 15) is 19.2 Å². The number of hydrogen-bond acceptors (Lipinski definition) is 4. The lowest BCUT2D eigenvalue weighted by atomic mass is 9.87. The predicted octanol–water partition coefficient (Wildman–Crippen LogP) is -0.742. The Morgan fingerprint density at radius 2 is 1.25 bits per heavy atom. The first-order valence-corrected chi connectivity index (χ1v) is 3.84. The molecule has 0 aromatic carbocycles. The fourth-order valence-electron chi connectivity index (χ4n) is 0.825. The third-order valence-electron chi connectivity index (χ3n) is 1.67. The van der Waals surface area contributed by atoms with Crippen LogP contribution in [0.3, 0.4) is 0 Å². The summed E-state index contributed by atoms with van der Waals surface area (Å²) < 4.78 is 0. The highest BCUT2D eigenvalue weighted by molar-refractivity contribution is 6.18. The van der Waals surface area contributed by atoms with E-state index >= 15 is 0 Å². The van der Waals surface area contributed by atoms with Gasteiger partial charge in [0.2, 0.25) is 0 Å². The second kappa shape index (κ2) is 4.91. The van der Waals surface area contributed by atoms with E-state index in [4.69, 9.17) is 20.4 Å². The number of hydrogen-bond donors (Lipinski definition) is 4. The Kier molecular flexibility index (Phi) is 4.18. The first-order valence-electron chi connectivity index (χ1n) is 3.84. The highest BCUT2D eigenvalue weighted by Gasteiger charge is 2.52. The smallest absolute Gasteiger partial charge is 0.336 e. The fraction of sp³-hybridized carbons (Fsp3) is 0.250. The van der Waals surface area contributed by atoms with Crippen molar-refractivity contribution in [1.82, 2.24) is 0 Å². The monoisotopic (exact) mass is 232 g/mol. The minimum Gasteiger partial charge on any atom is -0.481 e. The van der Waals surface area contributed by atoms with E-state index in [1.165, 1.54) is 0 Å². The maximum Gasteiger partial charge on any atom is 0.336 e. The molecule has 0 radical (unpaired) electrons. The second-order valence-corrected chi connectivity index (χ2v) is 2.72. The SMILES string of the molecule is O=C(O)CC=CC(C(=O)O)(C(=O)O)C(=O)O. The van der Waals surface area contributed by atoms with Crippen LogP contribution in [0, 0.1) is 5.41 Å². The van der Waals surface area contributed by atoms with E-state index in [0.717, 1.165) is 0 Å². The summed E-state index contributed by atoms with van der Waals surface area (Å²) in [4.78, 5) is 42.0. The molecule has 88 valence electrons. The van der Waals surface area contributed by atoms with Crippen LogP contribution >= 0.6 is 0 Å². The molecule has 8 nitrogen and oxygen atoms in total. The molecule has 0 amide bonds. The lowest BCUT2D eigenvalue weighted by Crippen LogP contribution is -2.44. The Labute approximate surface area is 88.4 Å². The van der Waals surface area contributed by atoms with Crippen LogP contribution < -0.4 is 0 Å². The normalized spacial score (nSPS) is 11.2. The molecule has 0 fully saturated rings. The van der Waals surface area contributed by atoms with Crippen LogP contribution in [0.1, 0.15) is 6.42 Å². The molecule has 0 aromatic heterocycles. The van der Waals surface area contributed by atoms with Crippen molar-refractivity contribution in [1.29, 1.82) is 0 Å². The van der Waals surface area contributed by atoms with Crippen molar-refractivity contribution in [3.8, 4) is 0 Å². The summed E-state index contributed by atoms with van der Waals surface area (Å²) in [7, 11) is 0. The van der Waals surface area contributed by atoms with E-state index in [1.807, 2.05) is 0 Å². The van der Waals surface area contributed by atoms with Gasteiger partial charge in [-0.25, -0.2) is 0 Å². The topological polar surface area (TPSA) is 149 Å². The zero-order valence-electron chi connectivity index (χ0n) is 7.78. The quantitative estimate of drug-likeness (QED) is 0.345. The molecule has 0 unspecified atom stereocenters. The molecule has 0 rings (SSSR count). The van der Waals surface area contributed by atoms with Crippen molar-refractivity contribution in [3.63, 3.8) is 0 Å². The van der Waals surface area contributed by atoms with Crippen molar-refractivity contribution >= 4 is 23.9 Å². The standard InChI is InChI=1S/C8H8O8/c9-4(10)2-1-3-8(5(11)12,6(13)14)7(15)16/h1,3H,2H2,(H,9,10)(H,11,12)(H,13,14)(H,15,16). The highest BCUT2D eigenvalue weighted by Crippen LogP contribution is 2.21. The zero-order valence-corrected chi connectivity index (χ0v) is 7.78. The Bertz CT molecular complexity index is 330. The molecule has 4 N–H and O–H groups in total. The average Bonchev–Trinajstić information content (AvgIpc) is 2.09. The molecule has 0 atom stereocenters. The lowest BCUT2D eigenvalue weighted by Gasteiger charge is -2.14. The van der Waals surface area contributed by atoms with Gasteiger partial charge < -0.3 is 20.4 Å². The van der Waals surface area contributed by atoms with E-state index in [1.54, 1.807) is 0 Å². The van der Waals surface area contributed by atoms with Gasteiger partial charge in [-0.3, -0.25) is 19.2 Å². The Hall–Kier alpha value is -2.38. The highest BCUT2D eigenvalue weighted by atomic mass is 16.4. The van der Waals surface area contributed by atoms with Crippen molar-refractivity contribution in [2.75, 3.05) is 0 Å². The molecule has 0 aliphatic carbocycles. The third kappa shape index (κ3) is 2.56. The van der Waals surface area contributed by atoms with Crippen LogP contribution in [-0.4, -0.2) is 44.3 Å². The molecule has 16 heavy (non-hydrogen) atoms. The molecule has 0 heterocycles. The summed E-state index contributed by atoms with van der Waals surface area (Å²) in [6.07, 6.45) is 0.322. The molecular formula is C8H8O8. The first-order chi connectivity index (χ1) is 7.25. The Morgan fingerprint density at radius 3 is 1.50 bits per heavy atom. The van der Waals surface area contributed by atoms with Gasteiger partial charge in [0.25, 0.3) is 5.41 Å². The van der Waals surface area contributed by atoms with Gasteiger partial charge in [-0.2, -0.15) is 0 Å². The summed E-state index contributed by atoms with van der Waals surface area (Å²) in [6.45, 7) is 0. The number of carbonyl (C=O) groups is 4. The van der Waals surface area contributed by atoms with Crippen molar-refractivity contribution in [2.24, 2.45) is 5.41 Å². The molecule has 0 bridgehead atoms. The van der Waals surface area contributed by atoms with Crippen molar-refractivity contribution in [3.05, 3.63) is 12.2 Å². The number of carboxylic acids is 4. The van der Waals surface area contributed by atoms with E-state index < -0.39 is 35.7 Å². The van der Waals surface area contributed by atoms with Gasteiger partial charge in [-0.15, -0.1) is 0 Å². The second-order valence-electron chi connectivity index (χ2n) is 2.72. The maximum absolute atomic E-state index is 10.6. The van der Waals surface area contributed by atoms with Crippen molar-refractivity contribution < 1.29 is 39.6 Å². The summed E-state index contributed by atoms with van der Waals surface area (Å²) >= 11 is 0. The molecule has 0 aliphatic heterocycles. The zero-order chi connectivity index (χ0) is 12.9. The molecule has 0 spiro atoms. The van der Waals surface area contributed by atoms with Gasteiger partial charge >= 0.3 is 23.9 Å². The van der Waals surface area contributed by atoms with E-state index in [-0.39, 0.29) is 0 Å². The third-order valence-corrected chi connectivity index (χ3v) is 1.67. The van der Waals surface area contributed by atoms with Crippen LogP contribution in [0.2, 0.25) is 0 Å². The Morgan fingerprint density at radius 1 is 0.875 bits per heavy atom. The minimum atomic E-state index is -3.16. The van der Waals surface area contributed by atoms with Crippen LogP contribution in [0.25, 0.3) is 0 Å². The van der Waals surface area contributed by atoms with Crippen molar-refractivity contribution in [2.45, 2.75) is 6.42 Å². The molecule has 0 aliphatic rings. The number of rotatable bonds is 6. The molecule has 0 saturated carbocycles. The summed E-state index contributed by atoms with van der Waals surface area (Å²) in [5, 5.41) is 33.9. The van der Waals surface area contributed by atoms with Crippen LogP contribution in [0.5, 0.6) is 0 Å². The van der Waals surface area contributed by atoms with E-state index in [0.29, 0.717) is 12.2 Å². The van der Waals surface area contributed by atoms with E-state index in [2.05, 4.69) is 0 Å². The van der Waals surface area contributed by atoms with Gasteiger partial charge in [0.05, 0.1) is 6.42 Å². The lowest BCUT2D eigenvalue weighted by molar-refractivity contribution is -0.171. The summed E-state index contributed by atoms with van der Waals surface area (Å²) in [6, 6.07) is 0. The van der Waals surface area contributed by atoms with Gasteiger partial charge in [-0.1, -0.05) is 6.08 Å². The minimum absolute atomic E-state index is 0.327. The molecular weight excluding hydrogens is 224 g/mol. The molecule has 0 saturated heterocycles.